The van der Waals surface area contributed by atoms with Gasteiger partial charge in [-0.1, -0.05) is 55.8 Å². The van der Waals surface area contributed by atoms with E-state index in [1.165, 1.54) is 87.6 Å². The first kappa shape index (κ1) is 88.6. The molecule has 37 nitrogen and oxygen atoms in total. The molecule has 18 rings (SSSR count). The molecule has 4 saturated carbocycles. The van der Waals surface area contributed by atoms with E-state index >= 15 is 28.8 Å². The average molecular weight is 1760 g/mol. The van der Waals surface area contributed by atoms with Crippen LogP contribution in [0.1, 0.15) is 148 Å². The summed E-state index contributed by atoms with van der Waals surface area (Å²) in [6, 6.07) is 6.24. The number of fused-ring (bicyclic) bond motifs is 12. The molecule has 7 heterocycles. The molecule has 2 saturated heterocycles. The fourth-order valence-corrected chi connectivity index (χ4v) is 20.0. The van der Waals surface area contributed by atoms with Gasteiger partial charge in [0.05, 0.1) is 47.8 Å². The Morgan fingerprint density at radius 3 is 2.00 bits per heavy atom. The summed E-state index contributed by atoms with van der Waals surface area (Å²) in [5.74, 6) is -15.3. The average Bonchev–Trinajstić information content (AvgIpc) is 1.55. The molecule has 0 aromatic heterocycles. The van der Waals surface area contributed by atoms with Gasteiger partial charge in [-0.25, -0.2) is 13.1 Å². The highest BCUT2D eigenvalue weighted by Crippen LogP contribution is 2.56. The highest BCUT2D eigenvalue weighted by Gasteiger charge is 2.54. The van der Waals surface area contributed by atoms with Crippen LogP contribution >= 0.6 is 11.6 Å². The van der Waals surface area contributed by atoms with E-state index in [2.05, 4.69) is 42.5 Å². The number of halogens is 1. The Kier molecular flexibility index (Phi) is 25.2. The zero-order valence-corrected chi connectivity index (χ0v) is 69.3. The molecule has 15 bridgehead atoms. The molecule has 0 radical (unpaired) electrons. The fourth-order valence-electron chi connectivity index (χ4n) is 18.7. The van der Waals surface area contributed by atoms with Crippen molar-refractivity contribution in [2.24, 2.45) is 35.3 Å². The molecule has 0 spiro atoms. The molecule has 39 heteroatoms. The molecular weight excluding hydrogens is 1660 g/mol. The van der Waals surface area contributed by atoms with Crippen molar-refractivity contribution in [1.82, 2.24) is 47.3 Å². The lowest BCUT2D eigenvalue weighted by Crippen LogP contribution is -2.64. The summed E-state index contributed by atoms with van der Waals surface area (Å²) < 4.78 is 74.7. The van der Waals surface area contributed by atoms with Crippen LogP contribution in [0.3, 0.4) is 0 Å². The molecule has 0 unspecified atom stereocenters. The lowest BCUT2D eigenvalue weighted by atomic mass is 9.54. The third kappa shape index (κ3) is 17.8. The maximum absolute atomic E-state index is 16.7. The number of sulfonamides is 1. The highest BCUT2D eigenvalue weighted by atomic mass is 35.5. The van der Waals surface area contributed by atoms with E-state index < -0.39 is 236 Å². The van der Waals surface area contributed by atoms with Crippen LogP contribution in [-0.4, -0.2) is 219 Å². The van der Waals surface area contributed by atoms with Gasteiger partial charge in [0.2, 0.25) is 65.1 Å². The topological polar surface area (TPSA) is 572 Å². The number of likely N-dealkylation sites (N-methyl/N-ethyl adjacent to an activating group) is 1. The summed E-state index contributed by atoms with van der Waals surface area (Å²) in [5, 5.41) is 138. The zero-order chi connectivity index (χ0) is 88.6. The Morgan fingerprint density at radius 1 is 0.694 bits per heavy atom. The minimum absolute atomic E-state index is 0.0667. The number of aromatic hydroxyl groups is 1. The Balaban J connectivity index is 0.921. The van der Waals surface area contributed by atoms with Gasteiger partial charge in [0, 0.05) is 29.1 Å². The lowest BCUT2D eigenvalue weighted by molar-refractivity contribution is -0.333. The van der Waals surface area contributed by atoms with Crippen molar-refractivity contribution in [2.45, 2.75) is 205 Å². The van der Waals surface area contributed by atoms with Crippen LogP contribution < -0.4 is 71.9 Å². The number of nitrogens with one attached hydrogen (secondary N) is 9. The van der Waals surface area contributed by atoms with Crippen molar-refractivity contribution in [3.63, 3.8) is 0 Å². The maximum Gasteiger partial charge on any atom is 0.264 e. The summed E-state index contributed by atoms with van der Waals surface area (Å²) in [6.45, 7) is 5.06. The fraction of sp³-hybridized carbons (Fsp3) is 0.482. The zero-order valence-electron chi connectivity index (χ0n) is 67.7. The minimum atomic E-state index is -4.95. The number of hydrogen-bond acceptors (Lipinski definition) is 29. The summed E-state index contributed by atoms with van der Waals surface area (Å²) in [4.78, 5) is 124. The number of amides is 8. The summed E-state index contributed by atoms with van der Waals surface area (Å²) >= 11 is 7.20. The van der Waals surface area contributed by atoms with E-state index in [0.29, 0.717) is 11.8 Å². The van der Waals surface area contributed by atoms with E-state index in [-0.39, 0.29) is 99.4 Å². The molecule has 18 atom stereocenters. The van der Waals surface area contributed by atoms with Crippen molar-refractivity contribution in [3.8, 4) is 51.4 Å². The molecule has 21 N–H and O–H groups in total. The largest absolute Gasteiger partial charge is 0.508 e. The van der Waals surface area contributed by atoms with Crippen LogP contribution in [0.5, 0.6) is 40.2 Å². The number of phenols is 1. The summed E-state index contributed by atoms with van der Waals surface area (Å²) in [6.07, 6.45) is -14.7. The standard InChI is InChI=1S/C85H99ClN10O27S/c1-35(2)20-54(88-5)76(106)94-68-70(102)41-9-17-56(53(86)27-41)120-58-29-44-28-57(73(58)123-83-74(72(104)71(103)59(34-98)121-83)122-61-33-84(4,87)75(105)36(3)118-61)119-47-10-6-39(7-11-47)69(101)67-82(112)93-66(80(110)90-63-42-22-37-21-38(24-42)25-43(63)23-37)50-30-45(99)31-52-62(50)49-26-40(8-16-51(49)85(52,113)114)64(78(108)95-67)92-79(109)65(44)91-77(107)55(89-81(68)111)32-60(100)96-124(115,116)48-14-12-46(13-15-48)117-19-18-97/h6-17,26-31,35-38,42-43,54-55,59,61,63-72,74-75,83,88,97-99,101-105,113-114H,18-25,32-34,87H2,1-5H3,(H,89,111)(H,90,110)(H,91,107)(H,92,109)(H,93,112)(H,94,106)(H,95,108)(H,96,100)/t36-,37?,38?,42?,43?,54+,55-,59+,61-,63?,64+,65+,66-,67-,68+,69+,70+,71+,72-,74+,75+,83-,84-/m0/s1. The Labute approximate surface area is 715 Å². The van der Waals surface area contributed by atoms with Crippen LogP contribution in [0.15, 0.2) is 114 Å². The summed E-state index contributed by atoms with van der Waals surface area (Å²) in [5.41, 5.74) is 2.96. The number of phenolic OH excluding ortho intramolecular Hbond substituents is 1. The smallest absolute Gasteiger partial charge is 0.264 e. The van der Waals surface area contributed by atoms with Gasteiger partial charge in [-0.05, 0) is 207 Å². The molecule has 664 valence electrons. The molecule has 6 aromatic carbocycles. The van der Waals surface area contributed by atoms with E-state index in [4.69, 9.17) is 50.5 Å². The van der Waals surface area contributed by atoms with Crippen molar-refractivity contribution < 1.29 is 131 Å². The molecule has 6 aromatic rings. The molecule has 124 heavy (non-hydrogen) atoms. The Morgan fingerprint density at radius 2 is 1.35 bits per heavy atom. The van der Waals surface area contributed by atoms with Crippen molar-refractivity contribution in [2.75, 3.05) is 26.9 Å². The SMILES string of the molecule is CN[C@H](CC(C)C)C(=O)N[C@H]1C(=O)N[C@@H](CC(=O)NS(=O)(=O)c2ccc(OCCO)cc2)C(=O)N[C@H]2C(=O)N[C@H]3C(=O)N[C@H](C(=O)N[C@H](C(=O)NC4C5CC6CC(C5)CC4C6)c4cc(O)cc5c4-c4cc3ccc4C5(O)O)[C@H](O)c3ccc(cc3)Oc3cc2cc(c3O[C@@H]2O[C@H](CO)[C@@H](O)[C@H](O)[C@H]2O[C@H]2C[C@](C)(N)[C@H](O)[C@H](C)O2)Oc2ccc(cc2Cl)[C@H]1O. The second kappa shape index (κ2) is 35.3. The number of aliphatic hydroxyl groups excluding tert-OH is 7. The monoisotopic (exact) mass is 1760 g/mol. The van der Waals surface area contributed by atoms with Crippen molar-refractivity contribution in [3.05, 3.63) is 153 Å². The minimum Gasteiger partial charge on any atom is -0.508 e. The molecule has 6 fully saturated rings. The van der Waals surface area contributed by atoms with E-state index in [1.807, 2.05) is 4.72 Å². The van der Waals surface area contributed by atoms with Gasteiger partial charge in [0.25, 0.3) is 10.0 Å². The van der Waals surface area contributed by atoms with Gasteiger partial charge in [-0.3, -0.25) is 38.4 Å². The number of rotatable bonds is 19. The summed E-state index contributed by atoms with van der Waals surface area (Å²) in [7, 11) is -3.49. The second-order valence-corrected chi connectivity index (χ2v) is 36.1. The number of carbonyl (C=O) groups is 8. The number of nitrogens with two attached hydrogens (primary N) is 1. The first-order valence-electron chi connectivity index (χ1n) is 40.9. The van der Waals surface area contributed by atoms with Gasteiger partial charge in [-0.15, -0.1) is 0 Å². The molecule has 5 aliphatic carbocycles. The lowest BCUT2D eigenvalue weighted by Gasteiger charge is -2.54. The van der Waals surface area contributed by atoms with Crippen LogP contribution in [0.4, 0.5) is 0 Å². The predicted molar refractivity (Wildman–Crippen MR) is 433 cm³/mol. The van der Waals surface area contributed by atoms with Gasteiger partial charge >= 0.3 is 0 Å². The number of benzene rings is 6. The number of hydrogen-bond donors (Lipinski definition) is 20. The third-order valence-electron chi connectivity index (χ3n) is 24.8. The van der Waals surface area contributed by atoms with Gasteiger partial charge < -0.3 is 132 Å². The maximum atomic E-state index is 16.7. The van der Waals surface area contributed by atoms with Crippen LogP contribution in [-0.2, 0) is 68.4 Å². The normalized spacial score (nSPS) is 31.3. The van der Waals surface area contributed by atoms with Crippen LogP contribution in [0, 0.1) is 29.6 Å². The quantitative estimate of drug-likeness (QED) is 0.0498. The van der Waals surface area contributed by atoms with Crippen LogP contribution in [0.25, 0.3) is 11.1 Å². The number of carbonyl (C=O) groups excluding carboxylic acids is 8. The van der Waals surface area contributed by atoms with E-state index in [9.17, 15) is 69.1 Å². The Bertz CT molecular complexity index is 5230. The Hall–Kier alpha value is -10.2. The van der Waals surface area contributed by atoms with Crippen molar-refractivity contribution in [1.29, 1.82) is 0 Å². The van der Waals surface area contributed by atoms with E-state index in [0.717, 1.165) is 74.6 Å². The van der Waals surface area contributed by atoms with Gasteiger partial charge in [-0.2, -0.15) is 0 Å². The third-order valence-corrected chi connectivity index (χ3v) is 26.5. The molecule has 8 amide bonds. The van der Waals surface area contributed by atoms with Crippen molar-refractivity contribution >= 4 is 68.9 Å². The molecule has 12 aliphatic rings. The van der Waals surface area contributed by atoms with Crippen LogP contribution in [0.2, 0.25) is 5.02 Å². The van der Waals surface area contributed by atoms with Gasteiger partial charge in [0.1, 0.15) is 96.4 Å². The molecule has 7 aliphatic heterocycles. The highest BCUT2D eigenvalue weighted by molar-refractivity contribution is 7.90. The second-order valence-electron chi connectivity index (χ2n) is 34.1. The van der Waals surface area contributed by atoms with E-state index in [1.54, 1.807) is 13.8 Å². The number of aliphatic hydroxyl groups is 9. The first-order valence-corrected chi connectivity index (χ1v) is 42.8. The van der Waals surface area contributed by atoms with Gasteiger partial charge in [0.15, 0.2) is 23.9 Å². The molecular formula is C85H99ClN10O27S. The number of ether oxygens (including phenoxy) is 7. The first-order chi connectivity index (χ1) is 58.9. The predicted octanol–water partition coefficient (Wildman–Crippen LogP) is 0.788.